The smallest absolute Gasteiger partial charge is 0.310 e. The minimum absolute atomic E-state index is 0.105. The van der Waals surface area contributed by atoms with Gasteiger partial charge in [-0.15, -0.1) is 0 Å². The zero-order valence-electron chi connectivity index (χ0n) is 7.10. The van der Waals surface area contributed by atoms with Gasteiger partial charge in [-0.05, 0) is 42.1 Å². The van der Waals surface area contributed by atoms with Crippen LogP contribution in [-0.2, 0) is 4.79 Å². The molecule has 0 spiro atoms. The van der Waals surface area contributed by atoms with Crippen molar-refractivity contribution in [1.82, 2.24) is 0 Å². The number of carbonyl (C=O) groups is 1. The molecule has 13 heavy (non-hydrogen) atoms. The van der Waals surface area contributed by atoms with E-state index in [0.717, 1.165) is 23.7 Å². The van der Waals surface area contributed by atoms with Crippen LogP contribution in [0.2, 0.25) is 0 Å². The molecule has 0 saturated heterocycles. The standard InChI is InChI=1S/C10H11NO2/c11-1-9-4-2-3-6(4)10(9,8(12)13)7(3)5(2)9/h2-7H,1,11H2,(H,12,13). The van der Waals surface area contributed by atoms with Crippen LogP contribution in [0, 0.1) is 46.3 Å². The maximum Gasteiger partial charge on any atom is 0.310 e. The zero-order valence-corrected chi connectivity index (χ0v) is 7.10. The molecule has 0 aromatic heterocycles. The highest BCUT2D eigenvalue weighted by atomic mass is 16.4. The maximum atomic E-state index is 11.3. The van der Waals surface area contributed by atoms with Gasteiger partial charge in [-0.2, -0.15) is 0 Å². The van der Waals surface area contributed by atoms with E-state index in [9.17, 15) is 9.90 Å². The molecule has 4 atom stereocenters. The summed E-state index contributed by atoms with van der Waals surface area (Å²) < 4.78 is 0. The Balaban J connectivity index is 1.75. The Bertz CT molecular complexity index is 370. The summed E-state index contributed by atoms with van der Waals surface area (Å²) in [4.78, 5) is 11.3. The Hall–Kier alpha value is -0.570. The molecule has 6 rings (SSSR count). The number of carboxylic acids is 1. The fraction of sp³-hybridized carbons (Fsp3) is 0.900. The topological polar surface area (TPSA) is 63.3 Å². The quantitative estimate of drug-likeness (QED) is 0.612. The van der Waals surface area contributed by atoms with Crippen molar-refractivity contribution in [1.29, 1.82) is 0 Å². The van der Waals surface area contributed by atoms with E-state index in [4.69, 9.17) is 5.73 Å². The van der Waals surface area contributed by atoms with Gasteiger partial charge in [0.2, 0.25) is 0 Å². The van der Waals surface area contributed by atoms with Crippen molar-refractivity contribution >= 4 is 5.97 Å². The van der Waals surface area contributed by atoms with Crippen LogP contribution in [0.3, 0.4) is 0 Å². The Morgan fingerprint density at radius 2 is 1.77 bits per heavy atom. The SMILES string of the molecule is NCC12C3C4C5C3C1(C(=O)O)C5C42. The normalized spacial score (nSPS) is 82.2. The zero-order chi connectivity index (χ0) is 8.75. The van der Waals surface area contributed by atoms with Gasteiger partial charge in [0, 0.05) is 5.41 Å². The van der Waals surface area contributed by atoms with Crippen molar-refractivity contribution in [2.24, 2.45) is 52.1 Å². The number of nitrogens with two attached hydrogens (primary N) is 1. The van der Waals surface area contributed by atoms with E-state index in [1.807, 2.05) is 0 Å². The number of hydrogen-bond donors (Lipinski definition) is 2. The third-order valence-electron chi connectivity index (χ3n) is 6.58. The lowest BCUT2D eigenvalue weighted by atomic mass is 8.92. The summed E-state index contributed by atoms with van der Waals surface area (Å²) in [7, 11) is 0. The molecule has 3 nitrogen and oxygen atoms in total. The van der Waals surface area contributed by atoms with Crippen LogP contribution in [-0.4, -0.2) is 17.6 Å². The molecule has 3 N–H and O–H groups in total. The molecule has 68 valence electrons. The van der Waals surface area contributed by atoms with Gasteiger partial charge in [0.15, 0.2) is 0 Å². The molecular weight excluding hydrogens is 166 g/mol. The summed E-state index contributed by atoms with van der Waals surface area (Å²) in [6.07, 6.45) is 0. The molecule has 3 heteroatoms. The van der Waals surface area contributed by atoms with Crippen LogP contribution in [0.15, 0.2) is 0 Å². The van der Waals surface area contributed by atoms with E-state index in [1.165, 1.54) is 0 Å². The minimum Gasteiger partial charge on any atom is -0.481 e. The third-order valence-corrected chi connectivity index (χ3v) is 6.58. The van der Waals surface area contributed by atoms with Gasteiger partial charge < -0.3 is 10.8 Å². The van der Waals surface area contributed by atoms with Crippen molar-refractivity contribution in [3.05, 3.63) is 0 Å². The molecule has 0 aromatic carbocycles. The Labute approximate surface area is 75.3 Å². The van der Waals surface area contributed by atoms with Crippen LogP contribution < -0.4 is 5.73 Å². The van der Waals surface area contributed by atoms with Crippen molar-refractivity contribution in [3.8, 4) is 0 Å². The first kappa shape index (κ1) is 6.02. The average Bonchev–Trinajstić information content (AvgIpc) is 2.16. The van der Waals surface area contributed by atoms with E-state index < -0.39 is 5.97 Å². The number of carboxylic acid groups (broad SMARTS) is 1. The summed E-state index contributed by atoms with van der Waals surface area (Å²) in [6, 6.07) is 0. The molecule has 0 bridgehead atoms. The lowest BCUT2D eigenvalue weighted by molar-refractivity contribution is -0.642. The lowest BCUT2D eigenvalue weighted by Crippen LogP contribution is -3.12. The lowest BCUT2D eigenvalue weighted by Gasteiger charge is -3.10. The second-order valence-electron chi connectivity index (χ2n) is 5.68. The molecule has 6 fully saturated rings. The molecule has 6 aliphatic carbocycles. The van der Waals surface area contributed by atoms with Crippen molar-refractivity contribution in [3.63, 3.8) is 0 Å². The van der Waals surface area contributed by atoms with Gasteiger partial charge in [0.1, 0.15) is 0 Å². The second kappa shape index (κ2) is 1.11. The molecule has 0 radical (unpaired) electrons. The number of rotatable bonds is 2. The van der Waals surface area contributed by atoms with Crippen LogP contribution in [0.4, 0.5) is 0 Å². The van der Waals surface area contributed by atoms with Gasteiger partial charge in [0.05, 0.1) is 5.41 Å². The Morgan fingerprint density at radius 3 is 2.15 bits per heavy atom. The fourth-order valence-electron chi connectivity index (χ4n) is 6.68. The summed E-state index contributed by atoms with van der Waals surface area (Å²) in [6.45, 7) is 0.630. The van der Waals surface area contributed by atoms with Crippen LogP contribution in [0.1, 0.15) is 0 Å². The first-order valence-electron chi connectivity index (χ1n) is 5.18. The predicted octanol–water partition coefficient (Wildman–Crippen LogP) is -0.232. The highest BCUT2D eigenvalue weighted by Crippen LogP contribution is 3.10. The van der Waals surface area contributed by atoms with E-state index in [0.29, 0.717) is 18.4 Å². The minimum atomic E-state index is -0.533. The first-order chi connectivity index (χ1) is 6.24. The van der Waals surface area contributed by atoms with Crippen LogP contribution in [0.25, 0.3) is 0 Å². The van der Waals surface area contributed by atoms with E-state index in [1.54, 1.807) is 0 Å². The molecule has 0 aromatic rings. The summed E-state index contributed by atoms with van der Waals surface area (Å²) >= 11 is 0. The van der Waals surface area contributed by atoms with Gasteiger partial charge >= 0.3 is 5.97 Å². The Morgan fingerprint density at radius 1 is 1.23 bits per heavy atom. The highest BCUT2D eigenvalue weighted by Gasteiger charge is 3.11. The van der Waals surface area contributed by atoms with Crippen LogP contribution in [0.5, 0.6) is 0 Å². The monoisotopic (exact) mass is 177 g/mol. The van der Waals surface area contributed by atoms with Crippen molar-refractivity contribution in [2.75, 3.05) is 6.54 Å². The molecule has 6 aliphatic rings. The average molecular weight is 177 g/mol. The van der Waals surface area contributed by atoms with Crippen molar-refractivity contribution in [2.45, 2.75) is 0 Å². The first-order valence-corrected chi connectivity index (χ1v) is 5.18. The van der Waals surface area contributed by atoms with E-state index in [-0.39, 0.29) is 10.8 Å². The predicted molar refractivity (Wildman–Crippen MR) is 42.5 cm³/mol. The molecule has 0 amide bonds. The molecule has 4 unspecified atom stereocenters. The number of aliphatic carboxylic acids is 1. The van der Waals surface area contributed by atoms with Gasteiger partial charge in [0.25, 0.3) is 0 Å². The van der Waals surface area contributed by atoms with Gasteiger partial charge in [-0.25, -0.2) is 0 Å². The van der Waals surface area contributed by atoms with Gasteiger partial charge in [-0.3, -0.25) is 4.79 Å². The molecule has 0 heterocycles. The van der Waals surface area contributed by atoms with Crippen LogP contribution >= 0.6 is 0 Å². The molecule has 6 saturated carbocycles. The summed E-state index contributed by atoms with van der Waals surface area (Å²) in [5, 5.41) is 9.31. The molecule has 0 aliphatic heterocycles. The fourth-order valence-corrected chi connectivity index (χ4v) is 6.68. The third kappa shape index (κ3) is 0.211. The number of hydrogen-bond acceptors (Lipinski definition) is 2. The summed E-state index contributed by atoms with van der Waals surface area (Å²) in [5.74, 6) is 3.85. The molecular formula is C10H11NO2. The van der Waals surface area contributed by atoms with Gasteiger partial charge in [-0.1, -0.05) is 0 Å². The maximum absolute atomic E-state index is 11.3. The largest absolute Gasteiger partial charge is 0.481 e. The van der Waals surface area contributed by atoms with Crippen molar-refractivity contribution < 1.29 is 9.90 Å². The summed E-state index contributed by atoms with van der Waals surface area (Å²) in [5.41, 5.74) is 5.59. The second-order valence-corrected chi connectivity index (χ2v) is 5.68. The highest BCUT2D eigenvalue weighted by molar-refractivity contribution is 5.88. The van der Waals surface area contributed by atoms with E-state index >= 15 is 0 Å². The Kier molecular flexibility index (Phi) is 0.515. The van der Waals surface area contributed by atoms with E-state index in [2.05, 4.69) is 0 Å².